The smallest absolute Gasteiger partial charge is 0.206 e. The first-order valence-corrected chi connectivity index (χ1v) is 4.72. The molecule has 0 amide bonds. The number of aromatic nitrogens is 1. The maximum absolute atomic E-state index is 3.59. The summed E-state index contributed by atoms with van der Waals surface area (Å²) in [5, 5.41) is 0. The zero-order valence-corrected chi connectivity index (χ0v) is 8.26. The lowest BCUT2D eigenvalue weighted by Gasteiger charge is -1.88. The van der Waals surface area contributed by atoms with Crippen molar-refractivity contribution in [2.45, 2.75) is 6.54 Å². The Labute approximate surface area is 84.9 Å². The quantitative estimate of drug-likeness (QED) is 0.377. The van der Waals surface area contributed by atoms with Crippen LogP contribution >= 0.6 is 0 Å². The van der Waals surface area contributed by atoms with E-state index in [9.17, 15) is 0 Å². The third-order valence-electron chi connectivity index (χ3n) is 1.75. The van der Waals surface area contributed by atoms with Crippen LogP contribution in [0.1, 0.15) is 0 Å². The first-order valence-electron chi connectivity index (χ1n) is 4.72. The molecular formula is C12H16N2+2. The van der Waals surface area contributed by atoms with Crippen molar-refractivity contribution >= 4 is 6.21 Å². The van der Waals surface area contributed by atoms with Gasteiger partial charge in [0.25, 0.3) is 0 Å². The third-order valence-corrected chi connectivity index (χ3v) is 1.75. The number of rotatable bonds is 5. The Kier molecular flexibility index (Phi) is 5.03. The van der Waals surface area contributed by atoms with Crippen LogP contribution in [0.3, 0.4) is 0 Å². The highest BCUT2D eigenvalue weighted by Gasteiger charge is 1.96. The van der Waals surface area contributed by atoms with Crippen molar-refractivity contribution in [3.63, 3.8) is 0 Å². The highest BCUT2D eigenvalue weighted by molar-refractivity contribution is 5.65. The molecule has 0 atom stereocenters. The SMILES string of the molecule is C=C/C=C\C=[NH+]CC[n+]1ccccc1. The number of pyridine rings is 1. The van der Waals surface area contributed by atoms with Crippen molar-refractivity contribution in [3.05, 3.63) is 55.4 Å². The van der Waals surface area contributed by atoms with Gasteiger partial charge in [-0.25, -0.2) is 4.99 Å². The van der Waals surface area contributed by atoms with Gasteiger partial charge < -0.3 is 0 Å². The van der Waals surface area contributed by atoms with Crippen LogP contribution in [-0.2, 0) is 6.54 Å². The summed E-state index contributed by atoms with van der Waals surface area (Å²) in [4.78, 5) is 3.19. The van der Waals surface area contributed by atoms with Crippen molar-refractivity contribution in [1.82, 2.24) is 0 Å². The monoisotopic (exact) mass is 188 g/mol. The number of allylic oxidation sites excluding steroid dienone is 3. The molecule has 1 rings (SSSR count). The molecule has 0 saturated heterocycles. The maximum Gasteiger partial charge on any atom is 0.206 e. The van der Waals surface area contributed by atoms with Crippen LogP contribution < -0.4 is 9.56 Å². The van der Waals surface area contributed by atoms with Gasteiger partial charge in [-0.15, -0.1) is 0 Å². The van der Waals surface area contributed by atoms with Crippen LogP contribution in [0.5, 0.6) is 0 Å². The Balaban J connectivity index is 2.25. The van der Waals surface area contributed by atoms with Gasteiger partial charge in [0.1, 0.15) is 0 Å². The lowest BCUT2D eigenvalue weighted by atomic mass is 10.4. The van der Waals surface area contributed by atoms with E-state index in [1.54, 1.807) is 6.08 Å². The van der Waals surface area contributed by atoms with Crippen molar-refractivity contribution < 1.29 is 9.56 Å². The van der Waals surface area contributed by atoms with E-state index < -0.39 is 0 Å². The average molecular weight is 188 g/mol. The molecule has 0 aliphatic heterocycles. The second-order valence-electron chi connectivity index (χ2n) is 2.85. The molecule has 1 aromatic heterocycles. The molecule has 2 heteroatoms. The molecule has 0 aliphatic rings. The van der Waals surface area contributed by atoms with Crippen molar-refractivity contribution in [2.75, 3.05) is 6.54 Å². The molecule has 0 fully saturated rings. The van der Waals surface area contributed by atoms with E-state index in [1.165, 1.54) is 0 Å². The minimum Gasteiger partial charge on any atom is -0.242 e. The molecule has 1 N–H and O–H groups in total. The number of nitrogens with one attached hydrogen (secondary N) is 1. The Hall–Kier alpha value is -1.70. The predicted molar refractivity (Wildman–Crippen MR) is 57.9 cm³/mol. The van der Waals surface area contributed by atoms with E-state index in [-0.39, 0.29) is 0 Å². The second-order valence-corrected chi connectivity index (χ2v) is 2.85. The summed E-state index contributed by atoms with van der Waals surface area (Å²) in [5.41, 5.74) is 0. The van der Waals surface area contributed by atoms with Gasteiger partial charge in [0.05, 0.1) is 0 Å². The number of nitrogens with zero attached hydrogens (tertiary/aromatic N) is 1. The topological polar surface area (TPSA) is 17.9 Å². The van der Waals surface area contributed by atoms with Crippen molar-refractivity contribution in [1.29, 1.82) is 0 Å². The summed E-state index contributed by atoms with van der Waals surface area (Å²) in [7, 11) is 0. The van der Waals surface area contributed by atoms with Gasteiger partial charge >= 0.3 is 0 Å². The lowest BCUT2D eigenvalue weighted by molar-refractivity contribution is -0.717. The van der Waals surface area contributed by atoms with Crippen LogP contribution in [-0.4, -0.2) is 12.8 Å². The van der Waals surface area contributed by atoms with E-state index in [0.717, 1.165) is 13.1 Å². The first-order chi connectivity index (χ1) is 6.93. The van der Waals surface area contributed by atoms with Crippen LogP contribution in [0.15, 0.2) is 55.4 Å². The normalized spacial score (nSPS) is 11.1. The van der Waals surface area contributed by atoms with Gasteiger partial charge in [0.2, 0.25) is 6.54 Å². The third kappa shape index (κ3) is 4.36. The first kappa shape index (κ1) is 10.4. The minimum absolute atomic E-state index is 0.927. The maximum atomic E-state index is 3.59. The fourth-order valence-electron chi connectivity index (χ4n) is 1.06. The van der Waals surface area contributed by atoms with Gasteiger partial charge in [-0.1, -0.05) is 24.8 Å². The molecule has 1 aromatic rings. The fraction of sp³-hybridized carbons (Fsp3) is 0.167. The van der Waals surface area contributed by atoms with Crippen LogP contribution in [0, 0.1) is 0 Å². The standard InChI is InChI=1S/C12H15N2/c1-2-3-5-8-13-9-12-14-10-6-4-7-11-14/h2-8,10-11H,1,9,12H2/q+1/p+1/b5-3-,13-8?. The van der Waals surface area contributed by atoms with Crippen molar-refractivity contribution in [2.24, 2.45) is 0 Å². The molecule has 0 aromatic carbocycles. The van der Waals surface area contributed by atoms with Crippen LogP contribution in [0.2, 0.25) is 0 Å². The highest BCUT2D eigenvalue weighted by Crippen LogP contribution is 1.74. The number of hydrogen-bond acceptors (Lipinski definition) is 0. The lowest BCUT2D eigenvalue weighted by Crippen LogP contribution is -2.71. The molecule has 0 saturated carbocycles. The molecule has 0 unspecified atom stereocenters. The molecule has 0 radical (unpaired) electrons. The van der Waals surface area contributed by atoms with Crippen molar-refractivity contribution in [3.8, 4) is 0 Å². The Morgan fingerprint density at radius 3 is 2.64 bits per heavy atom. The summed E-state index contributed by atoms with van der Waals surface area (Å²) < 4.78 is 2.14. The van der Waals surface area contributed by atoms with Gasteiger partial charge in [-0.2, -0.15) is 4.57 Å². The van der Waals surface area contributed by atoms with Crippen LogP contribution in [0.4, 0.5) is 0 Å². The summed E-state index contributed by atoms with van der Waals surface area (Å²) in [5.74, 6) is 0. The Morgan fingerprint density at radius 2 is 1.93 bits per heavy atom. The molecule has 1 heterocycles. The zero-order chi connectivity index (χ0) is 10.1. The highest BCUT2D eigenvalue weighted by atomic mass is 14.9. The van der Waals surface area contributed by atoms with Gasteiger partial charge in [0, 0.05) is 18.2 Å². The second kappa shape index (κ2) is 6.78. The van der Waals surface area contributed by atoms with E-state index in [1.807, 2.05) is 36.6 Å². The fourth-order valence-corrected chi connectivity index (χ4v) is 1.06. The molecule has 72 valence electrons. The number of hydrogen-bond donors (Lipinski definition) is 1. The van der Waals surface area contributed by atoms with Gasteiger partial charge in [0.15, 0.2) is 25.2 Å². The average Bonchev–Trinajstić information content (AvgIpc) is 2.25. The molecule has 0 bridgehead atoms. The molecular weight excluding hydrogens is 172 g/mol. The van der Waals surface area contributed by atoms with E-state index in [2.05, 4.69) is 28.5 Å². The summed E-state index contributed by atoms with van der Waals surface area (Å²) >= 11 is 0. The van der Waals surface area contributed by atoms with Crippen LogP contribution in [0.25, 0.3) is 0 Å². The van der Waals surface area contributed by atoms with E-state index >= 15 is 0 Å². The molecule has 14 heavy (non-hydrogen) atoms. The van der Waals surface area contributed by atoms with Gasteiger partial charge in [-0.05, 0) is 0 Å². The summed E-state index contributed by atoms with van der Waals surface area (Å²) in [6.45, 7) is 5.49. The van der Waals surface area contributed by atoms with Gasteiger partial charge in [-0.3, -0.25) is 0 Å². The van der Waals surface area contributed by atoms with E-state index in [0.29, 0.717) is 0 Å². The summed E-state index contributed by atoms with van der Waals surface area (Å²) in [6.07, 6.45) is 11.6. The summed E-state index contributed by atoms with van der Waals surface area (Å²) in [6, 6.07) is 6.07. The predicted octanol–water partition coefficient (Wildman–Crippen LogP) is -0.132. The zero-order valence-electron chi connectivity index (χ0n) is 8.26. The Morgan fingerprint density at radius 1 is 1.14 bits per heavy atom. The van der Waals surface area contributed by atoms with E-state index in [4.69, 9.17) is 0 Å². The molecule has 0 spiro atoms. The molecule has 2 nitrogen and oxygen atoms in total. The molecule has 0 aliphatic carbocycles. The Bertz CT molecular complexity index is 312. The minimum atomic E-state index is 0.927. The largest absolute Gasteiger partial charge is 0.242 e.